The third-order valence-electron chi connectivity index (χ3n) is 2.70. The maximum atomic E-state index is 5.75. The third kappa shape index (κ3) is 2.42. The molecule has 6 heteroatoms. The van der Waals surface area contributed by atoms with E-state index in [1.165, 1.54) is 6.33 Å². The lowest BCUT2D eigenvalue weighted by molar-refractivity contribution is 0.407. The van der Waals surface area contributed by atoms with Gasteiger partial charge in [-0.25, -0.2) is 15.0 Å². The fourth-order valence-electron chi connectivity index (χ4n) is 1.88. The van der Waals surface area contributed by atoms with Crippen LogP contribution in [0.2, 0.25) is 0 Å². The van der Waals surface area contributed by atoms with Crippen LogP contribution in [0.5, 0.6) is 5.75 Å². The third-order valence-corrected chi connectivity index (χ3v) is 2.70. The Labute approximate surface area is 106 Å². The molecule has 0 bridgehead atoms. The van der Waals surface area contributed by atoms with Gasteiger partial charge in [-0.05, 0) is 6.42 Å². The second-order valence-electron chi connectivity index (χ2n) is 3.95. The van der Waals surface area contributed by atoms with Crippen molar-refractivity contribution in [1.82, 2.24) is 19.5 Å². The van der Waals surface area contributed by atoms with Crippen molar-refractivity contribution in [1.29, 1.82) is 0 Å². The van der Waals surface area contributed by atoms with E-state index < -0.39 is 0 Å². The van der Waals surface area contributed by atoms with Gasteiger partial charge in [-0.2, -0.15) is 0 Å². The predicted octanol–water partition coefficient (Wildman–Crippen LogP) is 1.26. The van der Waals surface area contributed by atoms with E-state index in [-0.39, 0.29) is 0 Å². The lowest BCUT2D eigenvalue weighted by Crippen LogP contribution is -2.07. The molecular formula is C12H17N5O. The molecule has 0 radical (unpaired) electrons. The van der Waals surface area contributed by atoms with E-state index in [0.29, 0.717) is 18.0 Å². The molecule has 0 spiro atoms. The Morgan fingerprint density at radius 1 is 1.33 bits per heavy atom. The normalized spacial score (nSPS) is 10.6. The van der Waals surface area contributed by atoms with E-state index in [9.17, 15) is 0 Å². The summed E-state index contributed by atoms with van der Waals surface area (Å²) >= 11 is 0. The molecule has 0 aromatic carbocycles. The zero-order valence-corrected chi connectivity index (χ0v) is 10.6. The van der Waals surface area contributed by atoms with Crippen LogP contribution in [0.15, 0.2) is 18.7 Å². The molecule has 2 heterocycles. The molecule has 0 aliphatic rings. The van der Waals surface area contributed by atoms with Crippen LogP contribution in [-0.2, 0) is 13.0 Å². The zero-order valence-electron chi connectivity index (χ0n) is 10.6. The quantitative estimate of drug-likeness (QED) is 0.860. The number of ether oxygens (including phenoxy) is 1. The van der Waals surface area contributed by atoms with Crippen molar-refractivity contribution in [3.8, 4) is 5.75 Å². The average Bonchev–Trinajstić information content (AvgIpc) is 2.78. The summed E-state index contributed by atoms with van der Waals surface area (Å²) in [5.41, 5.74) is 6.51. The summed E-state index contributed by atoms with van der Waals surface area (Å²) in [6.45, 7) is 3.07. The highest BCUT2D eigenvalue weighted by molar-refractivity contribution is 5.48. The summed E-state index contributed by atoms with van der Waals surface area (Å²) in [4.78, 5) is 12.5. The SMILES string of the molecule is CCCn1ccnc1Cc1ncnc(N)c1OC. The van der Waals surface area contributed by atoms with E-state index in [2.05, 4.69) is 26.4 Å². The summed E-state index contributed by atoms with van der Waals surface area (Å²) in [6, 6.07) is 0. The molecule has 6 nitrogen and oxygen atoms in total. The molecule has 0 aliphatic carbocycles. The summed E-state index contributed by atoms with van der Waals surface area (Å²) in [6.07, 6.45) is 6.85. The molecule has 0 unspecified atom stereocenters. The minimum Gasteiger partial charge on any atom is -0.491 e. The molecule has 0 saturated heterocycles. The molecule has 0 aliphatic heterocycles. The summed E-state index contributed by atoms with van der Waals surface area (Å²) < 4.78 is 7.35. The molecule has 0 atom stereocenters. The maximum absolute atomic E-state index is 5.75. The largest absolute Gasteiger partial charge is 0.491 e. The molecule has 96 valence electrons. The number of aryl methyl sites for hydroxylation is 1. The Morgan fingerprint density at radius 2 is 2.17 bits per heavy atom. The minimum atomic E-state index is 0.357. The van der Waals surface area contributed by atoms with Crippen LogP contribution in [0.25, 0.3) is 0 Å². The maximum Gasteiger partial charge on any atom is 0.183 e. The second-order valence-corrected chi connectivity index (χ2v) is 3.95. The van der Waals surface area contributed by atoms with Crippen molar-refractivity contribution >= 4 is 5.82 Å². The number of aromatic nitrogens is 4. The van der Waals surface area contributed by atoms with E-state index in [1.807, 2.05) is 6.20 Å². The first kappa shape index (κ1) is 12.3. The van der Waals surface area contributed by atoms with Crippen molar-refractivity contribution in [2.24, 2.45) is 0 Å². The molecule has 2 aromatic rings. The number of rotatable bonds is 5. The number of nitrogens with two attached hydrogens (primary N) is 1. The molecular weight excluding hydrogens is 230 g/mol. The molecule has 0 amide bonds. The van der Waals surface area contributed by atoms with Crippen molar-refractivity contribution in [3.05, 3.63) is 30.2 Å². The minimum absolute atomic E-state index is 0.357. The first-order chi connectivity index (χ1) is 8.76. The van der Waals surface area contributed by atoms with Crippen LogP contribution >= 0.6 is 0 Å². The fraction of sp³-hybridized carbons (Fsp3) is 0.417. The molecule has 2 rings (SSSR count). The number of imidazole rings is 1. The van der Waals surface area contributed by atoms with Gasteiger partial charge in [0.1, 0.15) is 12.2 Å². The Bertz CT molecular complexity index is 523. The summed E-state index contributed by atoms with van der Waals surface area (Å²) in [5, 5.41) is 0. The fourth-order valence-corrected chi connectivity index (χ4v) is 1.88. The van der Waals surface area contributed by atoms with Crippen LogP contribution in [0.4, 0.5) is 5.82 Å². The number of nitrogen functional groups attached to an aromatic ring is 1. The Hall–Kier alpha value is -2.11. The molecule has 2 N–H and O–H groups in total. The van der Waals surface area contributed by atoms with Crippen molar-refractivity contribution in [3.63, 3.8) is 0 Å². The Morgan fingerprint density at radius 3 is 2.89 bits per heavy atom. The van der Waals surface area contributed by atoms with E-state index in [1.54, 1.807) is 13.3 Å². The average molecular weight is 247 g/mol. The van der Waals surface area contributed by atoms with Crippen molar-refractivity contribution < 1.29 is 4.74 Å². The first-order valence-corrected chi connectivity index (χ1v) is 5.89. The van der Waals surface area contributed by atoms with Gasteiger partial charge in [0.05, 0.1) is 19.2 Å². The van der Waals surface area contributed by atoms with Crippen LogP contribution < -0.4 is 10.5 Å². The van der Waals surface area contributed by atoms with Gasteiger partial charge >= 0.3 is 0 Å². The van der Waals surface area contributed by atoms with Gasteiger partial charge in [0.15, 0.2) is 11.6 Å². The van der Waals surface area contributed by atoms with Gasteiger partial charge in [0.2, 0.25) is 0 Å². The van der Waals surface area contributed by atoms with Crippen LogP contribution in [0, 0.1) is 0 Å². The van der Waals surface area contributed by atoms with Gasteiger partial charge in [0.25, 0.3) is 0 Å². The highest BCUT2D eigenvalue weighted by Crippen LogP contribution is 2.23. The summed E-state index contributed by atoms with van der Waals surface area (Å²) in [7, 11) is 1.57. The molecule has 0 saturated carbocycles. The van der Waals surface area contributed by atoms with Gasteiger partial charge in [-0.15, -0.1) is 0 Å². The number of methoxy groups -OCH3 is 1. The van der Waals surface area contributed by atoms with Crippen molar-refractivity contribution in [2.75, 3.05) is 12.8 Å². The lowest BCUT2D eigenvalue weighted by Gasteiger charge is -2.10. The van der Waals surface area contributed by atoms with Crippen LogP contribution in [-0.4, -0.2) is 26.6 Å². The van der Waals surface area contributed by atoms with Gasteiger partial charge < -0.3 is 15.0 Å². The number of nitrogens with zero attached hydrogens (tertiary/aromatic N) is 4. The molecule has 2 aromatic heterocycles. The Kier molecular flexibility index (Phi) is 3.76. The van der Waals surface area contributed by atoms with Crippen LogP contribution in [0.3, 0.4) is 0 Å². The van der Waals surface area contributed by atoms with E-state index >= 15 is 0 Å². The molecule has 18 heavy (non-hydrogen) atoms. The standard InChI is InChI=1S/C12H17N5O/c1-3-5-17-6-4-14-10(17)7-9-11(18-2)12(13)16-8-15-9/h4,6,8H,3,5,7H2,1-2H3,(H2,13,15,16). The van der Waals surface area contributed by atoms with Crippen LogP contribution in [0.1, 0.15) is 24.9 Å². The second kappa shape index (κ2) is 5.48. The Balaban J connectivity index is 2.28. The smallest absolute Gasteiger partial charge is 0.183 e. The van der Waals surface area contributed by atoms with Gasteiger partial charge in [-0.1, -0.05) is 6.92 Å². The first-order valence-electron chi connectivity index (χ1n) is 5.89. The van der Waals surface area contributed by atoms with Gasteiger partial charge in [-0.3, -0.25) is 0 Å². The van der Waals surface area contributed by atoms with Crippen molar-refractivity contribution in [2.45, 2.75) is 26.3 Å². The molecule has 0 fully saturated rings. The highest BCUT2D eigenvalue weighted by atomic mass is 16.5. The van der Waals surface area contributed by atoms with Gasteiger partial charge in [0, 0.05) is 18.9 Å². The van der Waals surface area contributed by atoms with E-state index in [0.717, 1.165) is 24.5 Å². The lowest BCUT2D eigenvalue weighted by atomic mass is 10.2. The zero-order chi connectivity index (χ0) is 13.0. The number of hydrogen-bond acceptors (Lipinski definition) is 5. The topological polar surface area (TPSA) is 78.9 Å². The monoisotopic (exact) mass is 247 g/mol. The van der Waals surface area contributed by atoms with E-state index in [4.69, 9.17) is 10.5 Å². The number of hydrogen-bond donors (Lipinski definition) is 1. The predicted molar refractivity (Wildman–Crippen MR) is 68.3 cm³/mol. The highest BCUT2D eigenvalue weighted by Gasteiger charge is 2.12. The summed E-state index contributed by atoms with van der Waals surface area (Å²) in [5.74, 6) is 1.84. The number of anilines is 1.